The average Bonchev–Trinajstić information content (AvgIpc) is 2.25. The second-order valence-electron chi connectivity index (χ2n) is 6.72. The largest absolute Gasteiger partial charge is 0.365 e. The van der Waals surface area contributed by atoms with Crippen LogP contribution in [0.4, 0.5) is 0 Å². The topological polar surface area (TPSA) is 41.1 Å². The van der Waals surface area contributed by atoms with Gasteiger partial charge in [0, 0.05) is 13.5 Å². The van der Waals surface area contributed by atoms with Crippen LogP contribution in [0, 0.1) is 23.2 Å². The van der Waals surface area contributed by atoms with Crippen molar-refractivity contribution in [3.63, 3.8) is 0 Å². The van der Waals surface area contributed by atoms with E-state index in [1.807, 2.05) is 0 Å². The number of hydrogen-bond acceptors (Lipinski definition) is 2. The first-order valence-corrected chi connectivity index (χ1v) is 7.51. The molecule has 4 bridgehead atoms. The van der Waals surface area contributed by atoms with Crippen LogP contribution in [0.5, 0.6) is 0 Å². The summed E-state index contributed by atoms with van der Waals surface area (Å²) >= 11 is 5.00. The summed E-state index contributed by atoms with van der Waals surface area (Å²) in [6.07, 6.45) is 8.79. The van der Waals surface area contributed by atoms with Gasteiger partial charge in [0.05, 0.1) is 0 Å². The van der Waals surface area contributed by atoms with Crippen molar-refractivity contribution >= 4 is 23.2 Å². The van der Waals surface area contributed by atoms with Gasteiger partial charge in [-0.15, -0.1) is 0 Å². The lowest BCUT2D eigenvalue weighted by atomic mass is 9.49. The van der Waals surface area contributed by atoms with Crippen LogP contribution in [-0.4, -0.2) is 18.1 Å². The van der Waals surface area contributed by atoms with Gasteiger partial charge >= 0.3 is 0 Å². The van der Waals surface area contributed by atoms with Crippen molar-refractivity contribution in [1.29, 1.82) is 0 Å². The number of nitrogens with one attached hydrogen (secondary N) is 2. The second kappa shape index (κ2) is 4.48. The van der Waals surface area contributed by atoms with Crippen LogP contribution in [-0.2, 0) is 4.79 Å². The fraction of sp³-hybridized carbons (Fsp3) is 0.857. The molecule has 0 atom stereocenters. The Kier molecular flexibility index (Phi) is 3.08. The van der Waals surface area contributed by atoms with Gasteiger partial charge in [0.15, 0.2) is 5.11 Å². The molecule has 4 aliphatic carbocycles. The molecule has 0 spiro atoms. The van der Waals surface area contributed by atoms with Crippen LogP contribution in [0.2, 0.25) is 0 Å². The molecule has 0 aliphatic heterocycles. The van der Waals surface area contributed by atoms with Crippen LogP contribution in [0.25, 0.3) is 0 Å². The highest BCUT2D eigenvalue weighted by atomic mass is 32.1. The van der Waals surface area contributed by atoms with Gasteiger partial charge in [0.2, 0.25) is 5.91 Å². The van der Waals surface area contributed by atoms with Gasteiger partial charge < -0.3 is 10.6 Å². The van der Waals surface area contributed by atoms with Crippen molar-refractivity contribution in [2.24, 2.45) is 23.2 Å². The smallest absolute Gasteiger partial charge is 0.226 e. The van der Waals surface area contributed by atoms with E-state index in [1.165, 1.54) is 38.5 Å². The quantitative estimate of drug-likeness (QED) is 0.753. The Balaban J connectivity index is 1.65. The van der Waals surface area contributed by atoms with E-state index in [9.17, 15) is 4.79 Å². The lowest BCUT2D eigenvalue weighted by Gasteiger charge is -2.56. The van der Waals surface area contributed by atoms with E-state index >= 15 is 0 Å². The molecule has 0 saturated heterocycles. The first-order chi connectivity index (χ1) is 8.58. The molecule has 4 heteroatoms. The van der Waals surface area contributed by atoms with Gasteiger partial charge in [-0.05, 0) is 73.9 Å². The highest BCUT2D eigenvalue weighted by Gasteiger charge is 2.51. The van der Waals surface area contributed by atoms with E-state index in [0.29, 0.717) is 16.9 Å². The molecular formula is C14H22N2OS. The van der Waals surface area contributed by atoms with Gasteiger partial charge in [0.1, 0.15) is 0 Å². The van der Waals surface area contributed by atoms with E-state index in [0.717, 1.165) is 17.8 Å². The Labute approximate surface area is 114 Å². The van der Waals surface area contributed by atoms with Crippen LogP contribution < -0.4 is 10.6 Å². The first-order valence-electron chi connectivity index (χ1n) is 7.10. The van der Waals surface area contributed by atoms with E-state index < -0.39 is 0 Å². The zero-order valence-corrected chi connectivity index (χ0v) is 11.8. The Morgan fingerprint density at radius 3 is 2.11 bits per heavy atom. The maximum atomic E-state index is 12.1. The standard InChI is InChI=1S/C14H22N2OS/c1-15-13(18)16-12(17)8-14-5-9-2-10(6-14)4-11(3-9)7-14/h9-11H,2-8H2,1H3,(H2,15,16,17,18). The third-order valence-electron chi connectivity index (χ3n) is 5.18. The molecule has 4 rings (SSSR count). The van der Waals surface area contributed by atoms with Crippen molar-refractivity contribution < 1.29 is 4.79 Å². The van der Waals surface area contributed by atoms with Gasteiger partial charge in [-0.25, -0.2) is 0 Å². The fourth-order valence-electron chi connectivity index (χ4n) is 5.08. The molecule has 0 aromatic heterocycles. The summed E-state index contributed by atoms with van der Waals surface area (Å²) in [6.45, 7) is 0. The zero-order chi connectivity index (χ0) is 12.8. The molecule has 4 aliphatic rings. The minimum atomic E-state index is 0.108. The first kappa shape index (κ1) is 12.4. The Morgan fingerprint density at radius 1 is 1.17 bits per heavy atom. The van der Waals surface area contributed by atoms with Crippen LogP contribution in [0.3, 0.4) is 0 Å². The fourth-order valence-corrected chi connectivity index (χ4v) is 5.19. The zero-order valence-electron chi connectivity index (χ0n) is 11.0. The van der Waals surface area contributed by atoms with Gasteiger partial charge in [-0.3, -0.25) is 4.79 Å². The molecule has 0 unspecified atom stereocenters. The minimum absolute atomic E-state index is 0.108. The third-order valence-corrected chi connectivity index (χ3v) is 5.49. The summed E-state index contributed by atoms with van der Waals surface area (Å²) in [6, 6.07) is 0. The molecular weight excluding hydrogens is 244 g/mol. The summed E-state index contributed by atoms with van der Waals surface area (Å²) in [5, 5.41) is 6.04. The normalized spacial score (nSPS) is 40.6. The van der Waals surface area contributed by atoms with Gasteiger partial charge in [-0.2, -0.15) is 0 Å². The van der Waals surface area contributed by atoms with E-state index in [1.54, 1.807) is 7.05 Å². The highest BCUT2D eigenvalue weighted by molar-refractivity contribution is 7.80. The van der Waals surface area contributed by atoms with E-state index in [4.69, 9.17) is 12.2 Å². The SMILES string of the molecule is CNC(=S)NC(=O)CC12CC3CC(CC(C3)C1)C2. The lowest BCUT2D eigenvalue weighted by Crippen LogP contribution is -2.49. The Bertz CT molecular complexity index is 345. The Morgan fingerprint density at radius 2 is 1.67 bits per heavy atom. The summed E-state index contributed by atoms with van der Waals surface area (Å²) in [7, 11) is 1.74. The molecule has 3 nitrogen and oxygen atoms in total. The third kappa shape index (κ3) is 2.27. The number of rotatable bonds is 2. The highest BCUT2D eigenvalue weighted by Crippen LogP contribution is 2.61. The molecule has 4 saturated carbocycles. The summed E-state index contributed by atoms with van der Waals surface area (Å²) < 4.78 is 0. The van der Waals surface area contributed by atoms with Gasteiger partial charge in [0.25, 0.3) is 0 Å². The van der Waals surface area contributed by atoms with Crippen LogP contribution in [0.15, 0.2) is 0 Å². The summed E-state index contributed by atoms with van der Waals surface area (Å²) in [5.74, 6) is 2.82. The van der Waals surface area contributed by atoms with E-state index in [2.05, 4.69) is 10.6 Å². The number of carbonyl (C=O) groups excluding carboxylic acids is 1. The van der Waals surface area contributed by atoms with Crippen molar-refractivity contribution in [2.75, 3.05) is 7.05 Å². The molecule has 0 heterocycles. The molecule has 100 valence electrons. The van der Waals surface area contributed by atoms with Crippen molar-refractivity contribution in [3.8, 4) is 0 Å². The number of carbonyl (C=O) groups is 1. The number of amides is 1. The van der Waals surface area contributed by atoms with Crippen molar-refractivity contribution in [3.05, 3.63) is 0 Å². The predicted octanol–water partition coefficient (Wildman–Crippen LogP) is 2.21. The molecule has 1 amide bonds. The lowest BCUT2D eigenvalue weighted by molar-refractivity contribution is -0.128. The number of thiocarbonyl (C=S) groups is 1. The second-order valence-corrected chi connectivity index (χ2v) is 7.13. The maximum absolute atomic E-state index is 12.1. The maximum Gasteiger partial charge on any atom is 0.226 e. The number of hydrogen-bond donors (Lipinski definition) is 2. The summed E-state index contributed by atoms with van der Waals surface area (Å²) in [5.41, 5.74) is 0.308. The molecule has 18 heavy (non-hydrogen) atoms. The molecule has 4 fully saturated rings. The molecule has 2 N–H and O–H groups in total. The predicted molar refractivity (Wildman–Crippen MR) is 75.0 cm³/mol. The molecule has 0 aromatic rings. The van der Waals surface area contributed by atoms with Crippen molar-refractivity contribution in [2.45, 2.75) is 44.9 Å². The van der Waals surface area contributed by atoms with Crippen molar-refractivity contribution in [1.82, 2.24) is 10.6 Å². The average molecular weight is 266 g/mol. The Hall–Kier alpha value is -0.640. The van der Waals surface area contributed by atoms with Crippen LogP contribution >= 0.6 is 12.2 Å². The monoisotopic (exact) mass is 266 g/mol. The summed E-state index contributed by atoms with van der Waals surface area (Å²) in [4.78, 5) is 12.1. The minimum Gasteiger partial charge on any atom is -0.365 e. The van der Waals surface area contributed by atoms with E-state index in [-0.39, 0.29) is 5.91 Å². The van der Waals surface area contributed by atoms with Gasteiger partial charge in [-0.1, -0.05) is 0 Å². The molecule has 0 radical (unpaired) electrons. The molecule has 0 aromatic carbocycles. The van der Waals surface area contributed by atoms with Crippen LogP contribution in [0.1, 0.15) is 44.9 Å².